The number of hydrogen-bond acceptors (Lipinski definition) is 3. The number of carbonyl (C=O) groups excluding carboxylic acids is 1. The lowest BCUT2D eigenvalue weighted by Crippen LogP contribution is -2.08. The summed E-state index contributed by atoms with van der Waals surface area (Å²) in [6.07, 6.45) is -0.0875. The van der Waals surface area contributed by atoms with Crippen LogP contribution in [0, 0.1) is 11.3 Å². The van der Waals surface area contributed by atoms with E-state index in [0.717, 1.165) is 5.69 Å². The fraction of sp³-hybridized carbons (Fsp3) is 0.143. The molecule has 56 valence electrons. The first-order valence-electron chi connectivity index (χ1n) is 3.02. The first kappa shape index (κ1) is 7.76. The lowest BCUT2D eigenvalue weighted by molar-refractivity contribution is -0.115. The third kappa shape index (κ3) is 2.40. The zero-order chi connectivity index (χ0) is 8.10. The summed E-state index contributed by atoms with van der Waals surface area (Å²) in [6.45, 7) is 0. The van der Waals surface area contributed by atoms with Crippen LogP contribution in [0.1, 0.15) is 6.42 Å². The molecule has 0 bridgehead atoms. The highest BCUT2D eigenvalue weighted by Crippen LogP contribution is 2.11. The van der Waals surface area contributed by atoms with Gasteiger partial charge in [0.1, 0.15) is 6.42 Å². The molecule has 0 aliphatic rings. The van der Waals surface area contributed by atoms with E-state index >= 15 is 0 Å². The third-order valence-electron chi connectivity index (χ3n) is 1.04. The molecule has 1 aromatic rings. The second kappa shape index (κ2) is 3.74. The molecule has 1 amide bonds. The lowest BCUT2D eigenvalue weighted by atomic mass is 10.4. The molecule has 0 aromatic carbocycles. The summed E-state index contributed by atoms with van der Waals surface area (Å²) in [5, 5.41) is 14.4. The summed E-state index contributed by atoms with van der Waals surface area (Å²) in [5.74, 6) is -0.258. The van der Waals surface area contributed by atoms with Gasteiger partial charge in [-0.25, -0.2) is 0 Å². The highest BCUT2D eigenvalue weighted by molar-refractivity contribution is 7.08. The first-order valence-corrected chi connectivity index (χ1v) is 3.96. The molecular weight excluding hydrogens is 160 g/mol. The Hall–Kier alpha value is -1.34. The van der Waals surface area contributed by atoms with Crippen LogP contribution >= 0.6 is 11.3 Å². The van der Waals surface area contributed by atoms with Gasteiger partial charge in [0, 0.05) is 5.38 Å². The Balaban J connectivity index is 2.45. The van der Waals surface area contributed by atoms with Gasteiger partial charge < -0.3 is 5.32 Å². The van der Waals surface area contributed by atoms with Crippen LogP contribution in [0.3, 0.4) is 0 Å². The van der Waals surface area contributed by atoms with E-state index in [-0.39, 0.29) is 12.3 Å². The molecule has 0 fully saturated rings. The molecule has 0 aliphatic carbocycles. The van der Waals surface area contributed by atoms with E-state index in [4.69, 9.17) is 5.26 Å². The number of hydrogen-bond donors (Lipinski definition) is 1. The maximum absolute atomic E-state index is 10.8. The van der Waals surface area contributed by atoms with Gasteiger partial charge in [0.05, 0.1) is 11.8 Å². The van der Waals surface area contributed by atoms with Gasteiger partial charge in [-0.2, -0.15) is 16.6 Å². The number of amides is 1. The molecular formula is C7H6N2OS. The largest absolute Gasteiger partial charge is 0.324 e. The smallest absolute Gasteiger partial charge is 0.238 e. The fourth-order valence-corrected chi connectivity index (χ4v) is 1.20. The van der Waals surface area contributed by atoms with Crippen molar-refractivity contribution in [1.29, 1.82) is 5.26 Å². The van der Waals surface area contributed by atoms with Crippen LogP contribution in [0.15, 0.2) is 16.8 Å². The van der Waals surface area contributed by atoms with Gasteiger partial charge in [0.15, 0.2) is 0 Å². The van der Waals surface area contributed by atoms with E-state index in [1.54, 1.807) is 12.1 Å². The summed E-state index contributed by atoms with van der Waals surface area (Å²) >= 11 is 1.50. The van der Waals surface area contributed by atoms with E-state index in [1.807, 2.05) is 10.8 Å². The maximum atomic E-state index is 10.8. The quantitative estimate of drug-likeness (QED) is 0.725. The van der Waals surface area contributed by atoms with Gasteiger partial charge in [-0.15, -0.1) is 0 Å². The summed E-state index contributed by atoms with van der Waals surface area (Å²) < 4.78 is 0. The van der Waals surface area contributed by atoms with Crippen LogP contribution in [0.25, 0.3) is 0 Å². The van der Waals surface area contributed by atoms with Crippen molar-refractivity contribution in [2.75, 3.05) is 5.32 Å². The topological polar surface area (TPSA) is 52.9 Å². The molecule has 1 N–H and O–H groups in total. The molecule has 3 nitrogen and oxygen atoms in total. The minimum absolute atomic E-state index is 0.0875. The van der Waals surface area contributed by atoms with Crippen molar-refractivity contribution in [3.63, 3.8) is 0 Å². The molecule has 0 saturated carbocycles. The van der Waals surface area contributed by atoms with Crippen LogP contribution in [0.5, 0.6) is 0 Å². The van der Waals surface area contributed by atoms with E-state index < -0.39 is 0 Å². The first-order chi connectivity index (χ1) is 5.33. The molecule has 11 heavy (non-hydrogen) atoms. The SMILES string of the molecule is N#CCC(=O)Nc1ccsc1. The Morgan fingerprint density at radius 2 is 2.64 bits per heavy atom. The fourth-order valence-electron chi connectivity index (χ4n) is 0.613. The molecule has 0 unspecified atom stereocenters. The number of anilines is 1. The summed E-state index contributed by atoms with van der Waals surface area (Å²) in [5.41, 5.74) is 0.759. The van der Waals surface area contributed by atoms with Crippen molar-refractivity contribution in [1.82, 2.24) is 0 Å². The molecule has 1 aromatic heterocycles. The molecule has 1 rings (SSSR count). The molecule has 0 radical (unpaired) electrons. The number of nitrogens with zero attached hydrogens (tertiary/aromatic N) is 1. The van der Waals surface area contributed by atoms with Crippen LogP contribution in [-0.4, -0.2) is 5.91 Å². The van der Waals surface area contributed by atoms with Crippen molar-refractivity contribution in [3.05, 3.63) is 16.8 Å². The number of thiophene rings is 1. The number of rotatable bonds is 2. The van der Waals surface area contributed by atoms with Gasteiger partial charge in [-0.1, -0.05) is 0 Å². The predicted molar refractivity (Wildman–Crippen MR) is 43.2 cm³/mol. The Labute approximate surface area is 68.3 Å². The number of nitriles is 1. The van der Waals surface area contributed by atoms with Crippen molar-refractivity contribution in [2.45, 2.75) is 6.42 Å². The molecule has 4 heteroatoms. The van der Waals surface area contributed by atoms with Crippen molar-refractivity contribution in [2.24, 2.45) is 0 Å². The molecule has 0 aliphatic heterocycles. The maximum Gasteiger partial charge on any atom is 0.238 e. The van der Waals surface area contributed by atoms with Crippen LogP contribution in [-0.2, 0) is 4.79 Å². The zero-order valence-corrected chi connectivity index (χ0v) is 6.52. The Morgan fingerprint density at radius 1 is 1.82 bits per heavy atom. The van der Waals surface area contributed by atoms with Crippen molar-refractivity contribution >= 4 is 22.9 Å². The van der Waals surface area contributed by atoms with Crippen molar-refractivity contribution in [3.8, 4) is 6.07 Å². The molecule has 1 heterocycles. The molecule has 0 spiro atoms. The minimum Gasteiger partial charge on any atom is -0.324 e. The van der Waals surface area contributed by atoms with Gasteiger partial charge in [-0.3, -0.25) is 4.79 Å². The second-order valence-corrected chi connectivity index (χ2v) is 2.68. The second-order valence-electron chi connectivity index (χ2n) is 1.90. The van der Waals surface area contributed by atoms with Crippen LogP contribution < -0.4 is 5.32 Å². The van der Waals surface area contributed by atoms with E-state index in [9.17, 15) is 4.79 Å². The number of nitrogens with one attached hydrogen (secondary N) is 1. The highest BCUT2D eigenvalue weighted by atomic mass is 32.1. The predicted octanol–water partition coefficient (Wildman–Crippen LogP) is 1.60. The van der Waals surface area contributed by atoms with E-state index in [1.165, 1.54) is 11.3 Å². The van der Waals surface area contributed by atoms with Crippen molar-refractivity contribution < 1.29 is 4.79 Å². The van der Waals surface area contributed by atoms with Crippen LogP contribution in [0.4, 0.5) is 5.69 Å². The average molecular weight is 166 g/mol. The lowest BCUT2D eigenvalue weighted by Gasteiger charge is -1.95. The molecule has 0 atom stereocenters. The standard InChI is InChI=1S/C7H6N2OS/c8-3-1-7(10)9-6-2-4-11-5-6/h2,4-5H,1H2,(H,9,10). The minimum atomic E-state index is -0.258. The summed E-state index contributed by atoms with van der Waals surface area (Å²) in [6, 6.07) is 3.56. The van der Waals surface area contributed by atoms with Gasteiger partial charge in [0.2, 0.25) is 5.91 Å². The Bertz CT molecular complexity index is 273. The third-order valence-corrected chi connectivity index (χ3v) is 1.73. The van der Waals surface area contributed by atoms with Gasteiger partial charge in [0.25, 0.3) is 0 Å². The summed E-state index contributed by atoms with van der Waals surface area (Å²) in [4.78, 5) is 10.8. The Kier molecular flexibility index (Phi) is 2.64. The normalized spacial score (nSPS) is 8.64. The highest BCUT2D eigenvalue weighted by Gasteiger charge is 1.99. The number of carbonyl (C=O) groups is 1. The van der Waals surface area contributed by atoms with Crippen LogP contribution in [0.2, 0.25) is 0 Å². The average Bonchev–Trinajstić information content (AvgIpc) is 2.40. The monoisotopic (exact) mass is 166 g/mol. The molecule has 0 saturated heterocycles. The summed E-state index contributed by atoms with van der Waals surface area (Å²) in [7, 11) is 0. The van der Waals surface area contributed by atoms with E-state index in [2.05, 4.69) is 5.32 Å². The van der Waals surface area contributed by atoms with Gasteiger partial charge in [-0.05, 0) is 11.4 Å². The zero-order valence-electron chi connectivity index (χ0n) is 5.70. The van der Waals surface area contributed by atoms with E-state index in [0.29, 0.717) is 0 Å². The van der Waals surface area contributed by atoms with Gasteiger partial charge >= 0.3 is 0 Å². The Morgan fingerprint density at radius 3 is 3.18 bits per heavy atom.